The number of carbonyl (C=O) groups excluding carboxylic acids is 1. The standard InChI is InChI=1S/C17H25F2NO/c1-12(2)10-20(11-13(3)4)6-5-17(21)14-7-15(18)9-16(19)8-14/h7-9,12-13H,5-6,10-11H2,1-4H3. The summed E-state index contributed by atoms with van der Waals surface area (Å²) in [4.78, 5) is 14.3. The molecule has 0 aliphatic rings. The summed E-state index contributed by atoms with van der Waals surface area (Å²) in [6, 6.07) is 2.97. The minimum Gasteiger partial charge on any atom is -0.302 e. The van der Waals surface area contributed by atoms with Gasteiger partial charge in [-0.05, 0) is 24.0 Å². The third-order valence-electron chi connectivity index (χ3n) is 3.09. The van der Waals surface area contributed by atoms with E-state index < -0.39 is 11.6 Å². The first kappa shape index (κ1) is 17.8. The summed E-state index contributed by atoms with van der Waals surface area (Å²) in [7, 11) is 0. The Morgan fingerprint density at radius 1 is 1.00 bits per heavy atom. The smallest absolute Gasteiger partial charge is 0.164 e. The summed E-state index contributed by atoms with van der Waals surface area (Å²) >= 11 is 0. The van der Waals surface area contributed by atoms with Gasteiger partial charge in [0.15, 0.2) is 5.78 Å². The maximum absolute atomic E-state index is 13.1. The first-order valence-electron chi connectivity index (χ1n) is 7.49. The van der Waals surface area contributed by atoms with E-state index in [1.807, 2.05) is 0 Å². The molecule has 0 atom stereocenters. The van der Waals surface area contributed by atoms with Crippen LogP contribution in [0.1, 0.15) is 44.5 Å². The van der Waals surface area contributed by atoms with Gasteiger partial charge in [0, 0.05) is 37.7 Å². The molecule has 118 valence electrons. The number of halogens is 2. The number of rotatable bonds is 8. The molecular weight excluding hydrogens is 272 g/mol. The van der Waals surface area contributed by atoms with E-state index >= 15 is 0 Å². The van der Waals surface area contributed by atoms with E-state index in [1.165, 1.54) is 0 Å². The third kappa shape index (κ3) is 6.80. The van der Waals surface area contributed by atoms with Gasteiger partial charge in [0.1, 0.15) is 11.6 Å². The van der Waals surface area contributed by atoms with Crippen molar-refractivity contribution in [1.29, 1.82) is 0 Å². The molecule has 0 saturated carbocycles. The van der Waals surface area contributed by atoms with E-state index in [0.29, 0.717) is 18.4 Å². The summed E-state index contributed by atoms with van der Waals surface area (Å²) in [6.45, 7) is 11.0. The van der Waals surface area contributed by atoms with Crippen LogP contribution in [0.5, 0.6) is 0 Å². The second-order valence-corrected chi connectivity index (χ2v) is 6.38. The maximum Gasteiger partial charge on any atom is 0.164 e. The van der Waals surface area contributed by atoms with Gasteiger partial charge in [-0.2, -0.15) is 0 Å². The quantitative estimate of drug-likeness (QED) is 0.672. The van der Waals surface area contributed by atoms with Crippen LogP contribution in [0.15, 0.2) is 18.2 Å². The van der Waals surface area contributed by atoms with Crippen LogP contribution in [0.2, 0.25) is 0 Å². The second-order valence-electron chi connectivity index (χ2n) is 6.38. The average Bonchev–Trinajstić information content (AvgIpc) is 2.32. The lowest BCUT2D eigenvalue weighted by atomic mass is 10.1. The molecule has 0 aliphatic heterocycles. The summed E-state index contributed by atoms with van der Waals surface area (Å²) < 4.78 is 26.3. The molecule has 0 aliphatic carbocycles. The Labute approximate surface area is 126 Å². The van der Waals surface area contributed by atoms with Crippen LogP contribution in [-0.2, 0) is 0 Å². The van der Waals surface area contributed by atoms with E-state index in [-0.39, 0.29) is 17.8 Å². The maximum atomic E-state index is 13.1. The molecule has 0 radical (unpaired) electrons. The van der Waals surface area contributed by atoms with Crippen molar-refractivity contribution in [3.05, 3.63) is 35.4 Å². The van der Waals surface area contributed by atoms with E-state index in [9.17, 15) is 13.6 Å². The molecule has 0 bridgehead atoms. The lowest BCUT2D eigenvalue weighted by Gasteiger charge is -2.25. The van der Waals surface area contributed by atoms with E-state index in [2.05, 4.69) is 32.6 Å². The van der Waals surface area contributed by atoms with Crippen molar-refractivity contribution in [2.45, 2.75) is 34.1 Å². The zero-order chi connectivity index (χ0) is 16.0. The minimum absolute atomic E-state index is 0.113. The molecule has 4 heteroatoms. The van der Waals surface area contributed by atoms with Crippen molar-refractivity contribution < 1.29 is 13.6 Å². The number of Topliss-reactive ketones (excluding diaryl/α,β-unsaturated/α-hetero) is 1. The molecule has 2 nitrogen and oxygen atoms in total. The molecule has 0 aromatic heterocycles. The van der Waals surface area contributed by atoms with Crippen molar-refractivity contribution in [1.82, 2.24) is 4.90 Å². The summed E-state index contributed by atoms with van der Waals surface area (Å²) in [5, 5.41) is 0. The average molecular weight is 297 g/mol. The largest absolute Gasteiger partial charge is 0.302 e. The topological polar surface area (TPSA) is 20.3 Å². The molecule has 1 aromatic rings. The highest BCUT2D eigenvalue weighted by Crippen LogP contribution is 2.12. The lowest BCUT2D eigenvalue weighted by molar-refractivity contribution is 0.0955. The predicted octanol–water partition coefficient (Wildman–Crippen LogP) is 4.15. The number of ketones is 1. The fourth-order valence-corrected chi connectivity index (χ4v) is 2.41. The van der Waals surface area contributed by atoms with Gasteiger partial charge in [-0.15, -0.1) is 0 Å². The molecule has 0 heterocycles. The van der Waals surface area contributed by atoms with Crippen molar-refractivity contribution in [2.24, 2.45) is 11.8 Å². The molecule has 1 aromatic carbocycles. The molecule has 21 heavy (non-hydrogen) atoms. The van der Waals surface area contributed by atoms with Crippen LogP contribution in [0, 0.1) is 23.5 Å². The number of nitrogens with zero attached hydrogens (tertiary/aromatic N) is 1. The van der Waals surface area contributed by atoms with Crippen molar-refractivity contribution in [2.75, 3.05) is 19.6 Å². The van der Waals surface area contributed by atoms with Crippen molar-refractivity contribution >= 4 is 5.78 Å². The molecule has 0 unspecified atom stereocenters. The van der Waals surface area contributed by atoms with Gasteiger partial charge in [0.05, 0.1) is 0 Å². The fraction of sp³-hybridized carbons (Fsp3) is 0.588. The monoisotopic (exact) mass is 297 g/mol. The van der Waals surface area contributed by atoms with Crippen LogP contribution >= 0.6 is 0 Å². The van der Waals surface area contributed by atoms with Crippen LogP contribution in [-0.4, -0.2) is 30.3 Å². The number of carbonyl (C=O) groups is 1. The first-order valence-corrected chi connectivity index (χ1v) is 7.49. The molecule has 0 saturated heterocycles. The Kier molecular flexibility index (Phi) is 6.96. The molecule has 0 fully saturated rings. The highest BCUT2D eigenvalue weighted by molar-refractivity contribution is 5.96. The van der Waals surface area contributed by atoms with Gasteiger partial charge in [0.25, 0.3) is 0 Å². The van der Waals surface area contributed by atoms with Crippen LogP contribution in [0.3, 0.4) is 0 Å². The van der Waals surface area contributed by atoms with Gasteiger partial charge < -0.3 is 4.90 Å². The lowest BCUT2D eigenvalue weighted by Crippen LogP contribution is -2.33. The summed E-state index contributed by atoms with van der Waals surface area (Å²) in [6.07, 6.45) is 0.280. The molecule has 0 amide bonds. The minimum atomic E-state index is -0.709. The molecule has 0 N–H and O–H groups in total. The normalized spacial score (nSPS) is 11.7. The van der Waals surface area contributed by atoms with Crippen LogP contribution in [0.4, 0.5) is 8.78 Å². The third-order valence-corrected chi connectivity index (χ3v) is 3.09. The second kappa shape index (κ2) is 8.23. The van der Waals surface area contributed by atoms with Crippen LogP contribution in [0.25, 0.3) is 0 Å². The SMILES string of the molecule is CC(C)CN(CCC(=O)c1cc(F)cc(F)c1)CC(C)C. The Bertz CT molecular complexity index is 442. The Morgan fingerprint density at radius 2 is 1.48 bits per heavy atom. The van der Waals surface area contributed by atoms with E-state index in [0.717, 1.165) is 31.3 Å². The first-order chi connectivity index (χ1) is 9.77. The van der Waals surface area contributed by atoms with Crippen molar-refractivity contribution in [3.8, 4) is 0 Å². The highest BCUT2D eigenvalue weighted by Gasteiger charge is 2.14. The summed E-state index contributed by atoms with van der Waals surface area (Å²) in [5.41, 5.74) is 0.113. The fourth-order valence-electron chi connectivity index (χ4n) is 2.41. The van der Waals surface area contributed by atoms with Gasteiger partial charge in [0.2, 0.25) is 0 Å². The number of benzene rings is 1. The Balaban J connectivity index is 2.63. The highest BCUT2D eigenvalue weighted by atomic mass is 19.1. The Morgan fingerprint density at radius 3 is 1.90 bits per heavy atom. The zero-order valence-corrected chi connectivity index (χ0v) is 13.3. The van der Waals surface area contributed by atoms with E-state index in [1.54, 1.807) is 0 Å². The Hall–Kier alpha value is -1.29. The van der Waals surface area contributed by atoms with Gasteiger partial charge in [-0.1, -0.05) is 27.7 Å². The van der Waals surface area contributed by atoms with E-state index in [4.69, 9.17) is 0 Å². The van der Waals surface area contributed by atoms with Gasteiger partial charge >= 0.3 is 0 Å². The number of hydrogen-bond donors (Lipinski definition) is 0. The molecule has 0 spiro atoms. The molecular formula is C17H25F2NO. The number of hydrogen-bond acceptors (Lipinski definition) is 2. The van der Waals surface area contributed by atoms with Crippen LogP contribution < -0.4 is 0 Å². The summed E-state index contributed by atoms with van der Waals surface area (Å²) in [5.74, 6) is -0.596. The van der Waals surface area contributed by atoms with Gasteiger partial charge in [-0.25, -0.2) is 8.78 Å². The predicted molar refractivity (Wildman–Crippen MR) is 81.4 cm³/mol. The zero-order valence-electron chi connectivity index (χ0n) is 13.3. The molecule has 1 rings (SSSR count). The van der Waals surface area contributed by atoms with Crippen molar-refractivity contribution in [3.63, 3.8) is 0 Å². The van der Waals surface area contributed by atoms with Gasteiger partial charge in [-0.3, -0.25) is 4.79 Å².